The highest BCUT2D eigenvalue weighted by Crippen LogP contribution is 2.43. The van der Waals surface area contributed by atoms with Gasteiger partial charge in [0.2, 0.25) is 17.5 Å². The van der Waals surface area contributed by atoms with Gasteiger partial charge in [0.15, 0.2) is 12.7 Å². The summed E-state index contributed by atoms with van der Waals surface area (Å²) in [5.74, 6) is -4.47. The molecule has 67 heavy (non-hydrogen) atoms. The number of fused-ring (bicyclic) bond motifs is 3. The first-order chi connectivity index (χ1) is 32.0. The van der Waals surface area contributed by atoms with E-state index in [1.165, 1.54) is 77.7 Å². The van der Waals surface area contributed by atoms with E-state index in [4.69, 9.17) is 4.84 Å². The number of rotatable bonds is 10. The van der Waals surface area contributed by atoms with Crippen LogP contribution in [0.2, 0.25) is 0 Å². The average molecular weight is 908 g/mol. The summed E-state index contributed by atoms with van der Waals surface area (Å²) in [4.78, 5) is 10.5. The highest BCUT2D eigenvalue weighted by molar-refractivity contribution is 5.87. The number of benzene rings is 6. The summed E-state index contributed by atoms with van der Waals surface area (Å²) in [5, 5.41) is 56.4. The van der Waals surface area contributed by atoms with Crippen molar-refractivity contribution in [1.29, 1.82) is 0 Å². The molecule has 5 N–H and O–H groups in total. The maximum atomic E-state index is 16.2. The molecular weight excluding hydrogens is 863 g/mol. The van der Waals surface area contributed by atoms with Gasteiger partial charge in [0.25, 0.3) is 5.52 Å². The normalized spacial score (nSPS) is 12.2. The van der Waals surface area contributed by atoms with Crippen LogP contribution in [0.15, 0.2) is 122 Å². The molecule has 9 rings (SSSR count). The van der Waals surface area contributed by atoms with Gasteiger partial charge in [0.1, 0.15) is 57.5 Å². The van der Waals surface area contributed by atoms with Crippen LogP contribution in [0.1, 0.15) is 69.1 Å². The van der Waals surface area contributed by atoms with Crippen molar-refractivity contribution in [3.8, 4) is 67.9 Å². The van der Waals surface area contributed by atoms with Crippen LogP contribution in [0, 0.1) is 23.3 Å². The van der Waals surface area contributed by atoms with Gasteiger partial charge < -0.3 is 25.5 Å². The van der Waals surface area contributed by atoms with Crippen LogP contribution in [0.5, 0.6) is 34.5 Å². The standard InChI is InChI=1S/C54H43F4N3O6/c1-27(2)49-43(62)20-31(21-44(49)63)36-11-13-42-37(52(36)57)9-7-15-60(42)25-29(5)51-46(65)18-30(19-47(51)66)34-16-33-17-35(55)10-12-41(33)61(26-34)67-48-23-32(22-45(64)50(48)28(3)4)39-24-40(56)54-38(53(39)58)8-6-14-59-54/h6-24,26-29H,25H2,1-5H3,(H3-2,62,63,64,65,66)/p+2. The third kappa shape index (κ3) is 8.00. The SMILES string of the molecule is CC(C)c1c(O)cc(-c2ccc3c(ccc[n+]3CC(C)c3c(O)cc(-c4cc5cc(F)ccc5[n+](Oc5cc(-c6cc(F)c7ncccc7c6F)cc(O)c5C(C)C)c4)cc3O)c2F)cc1O. The summed E-state index contributed by atoms with van der Waals surface area (Å²) in [5.41, 5.74) is 2.95. The lowest BCUT2D eigenvalue weighted by molar-refractivity contribution is -0.854. The summed E-state index contributed by atoms with van der Waals surface area (Å²) in [6.45, 7) is 9.33. The van der Waals surface area contributed by atoms with Crippen molar-refractivity contribution in [2.75, 3.05) is 0 Å². The van der Waals surface area contributed by atoms with Crippen LogP contribution in [0.25, 0.3) is 66.1 Å². The molecular formula is C54H45F4N3O6+2. The number of pyridine rings is 3. The molecule has 1 atom stereocenters. The predicted octanol–water partition coefficient (Wildman–Crippen LogP) is 12.1. The van der Waals surface area contributed by atoms with Gasteiger partial charge in [0, 0.05) is 68.2 Å². The Hall–Kier alpha value is -7.93. The fourth-order valence-electron chi connectivity index (χ4n) is 9.14. The second-order valence-electron chi connectivity index (χ2n) is 17.5. The van der Waals surface area contributed by atoms with Crippen LogP contribution < -0.4 is 14.1 Å². The van der Waals surface area contributed by atoms with E-state index in [1.807, 2.05) is 27.7 Å². The summed E-state index contributed by atoms with van der Waals surface area (Å²) < 4.78 is 65.4. The van der Waals surface area contributed by atoms with E-state index in [2.05, 4.69) is 4.98 Å². The van der Waals surface area contributed by atoms with Gasteiger partial charge in [-0.3, -0.25) is 4.98 Å². The maximum Gasteiger partial charge on any atom is 0.265 e. The minimum Gasteiger partial charge on any atom is -0.507 e. The molecule has 1 unspecified atom stereocenters. The molecule has 9 nitrogen and oxygen atoms in total. The van der Waals surface area contributed by atoms with Crippen LogP contribution in [-0.4, -0.2) is 30.5 Å². The molecule has 13 heteroatoms. The highest BCUT2D eigenvalue weighted by atomic mass is 19.1. The van der Waals surface area contributed by atoms with E-state index in [1.54, 1.807) is 54.2 Å². The van der Waals surface area contributed by atoms with Gasteiger partial charge in [-0.2, -0.15) is 4.57 Å². The minimum absolute atomic E-state index is 0.0406. The Morgan fingerprint density at radius 2 is 1.16 bits per heavy atom. The van der Waals surface area contributed by atoms with Crippen molar-refractivity contribution < 1.29 is 57.2 Å². The Labute approximate surface area is 382 Å². The van der Waals surface area contributed by atoms with Crippen molar-refractivity contribution in [1.82, 2.24) is 4.98 Å². The number of aromatic hydroxyl groups is 5. The number of hydrogen-bond acceptors (Lipinski definition) is 7. The molecule has 6 aromatic carbocycles. The lowest BCUT2D eigenvalue weighted by Crippen LogP contribution is -2.40. The minimum atomic E-state index is -0.754. The molecule has 0 amide bonds. The third-order valence-corrected chi connectivity index (χ3v) is 12.2. The van der Waals surface area contributed by atoms with Gasteiger partial charge in [-0.05, 0) is 113 Å². The van der Waals surface area contributed by atoms with Crippen molar-refractivity contribution in [2.24, 2.45) is 0 Å². The van der Waals surface area contributed by atoms with E-state index < -0.39 is 29.2 Å². The molecule has 0 radical (unpaired) electrons. The monoisotopic (exact) mass is 907 g/mol. The van der Waals surface area contributed by atoms with Crippen LogP contribution in [-0.2, 0) is 6.54 Å². The third-order valence-electron chi connectivity index (χ3n) is 12.2. The largest absolute Gasteiger partial charge is 0.507 e. The molecule has 0 fully saturated rings. The average Bonchev–Trinajstić information content (AvgIpc) is 3.26. The molecule has 3 aromatic heterocycles. The van der Waals surface area contributed by atoms with Gasteiger partial charge in [-0.25, -0.2) is 22.4 Å². The second-order valence-corrected chi connectivity index (χ2v) is 17.5. The van der Waals surface area contributed by atoms with E-state index in [9.17, 15) is 29.9 Å². The molecule has 0 spiro atoms. The van der Waals surface area contributed by atoms with Crippen LogP contribution in [0.3, 0.4) is 0 Å². The van der Waals surface area contributed by atoms with Crippen molar-refractivity contribution in [3.63, 3.8) is 0 Å². The maximum absolute atomic E-state index is 16.2. The zero-order valence-electron chi connectivity index (χ0n) is 37.0. The Morgan fingerprint density at radius 1 is 0.567 bits per heavy atom. The topological polar surface area (TPSA) is 131 Å². The molecule has 3 heterocycles. The summed E-state index contributed by atoms with van der Waals surface area (Å²) in [7, 11) is 0. The molecule has 0 aliphatic rings. The fourth-order valence-corrected chi connectivity index (χ4v) is 9.14. The Morgan fingerprint density at radius 3 is 1.85 bits per heavy atom. The molecule has 0 bridgehead atoms. The number of aromatic nitrogens is 3. The molecule has 0 saturated carbocycles. The van der Waals surface area contributed by atoms with E-state index in [-0.39, 0.29) is 91.4 Å². The quantitative estimate of drug-likeness (QED) is 0.0682. The number of phenols is 5. The Bertz CT molecular complexity index is 3420. The van der Waals surface area contributed by atoms with Gasteiger partial charge in [-0.15, -0.1) is 0 Å². The number of hydrogen-bond donors (Lipinski definition) is 5. The van der Waals surface area contributed by atoms with Gasteiger partial charge in [-0.1, -0.05) is 34.6 Å². The smallest absolute Gasteiger partial charge is 0.265 e. The van der Waals surface area contributed by atoms with Gasteiger partial charge >= 0.3 is 0 Å². The fraction of sp³-hybridized carbons (Fsp3) is 0.167. The van der Waals surface area contributed by atoms with Crippen LogP contribution in [0.4, 0.5) is 17.6 Å². The van der Waals surface area contributed by atoms with Crippen molar-refractivity contribution in [3.05, 3.63) is 162 Å². The van der Waals surface area contributed by atoms with Crippen molar-refractivity contribution >= 4 is 32.7 Å². The predicted molar refractivity (Wildman–Crippen MR) is 247 cm³/mol. The molecule has 0 saturated heterocycles. The molecule has 338 valence electrons. The lowest BCUT2D eigenvalue weighted by atomic mass is 9.94. The Balaban J connectivity index is 1.07. The van der Waals surface area contributed by atoms with Gasteiger partial charge in [0.05, 0.1) is 16.3 Å². The first-order valence-electron chi connectivity index (χ1n) is 21.7. The number of halogens is 4. The highest BCUT2D eigenvalue weighted by Gasteiger charge is 2.28. The molecule has 9 aromatic rings. The first-order valence-corrected chi connectivity index (χ1v) is 21.7. The zero-order valence-corrected chi connectivity index (χ0v) is 37.0. The van der Waals surface area contributed by atoms with E-state index in [0.29, 0.717) is 44.2 Å². The summed E-state index contributed by atoms with van der Waals surface area (Å²) in [6, 6.07) is 24.8. The number of nitrogens with zero attached hydrogens (tertiary/aromatic N) is 3. The second kappa shape index (κ2) is 17.1. The van der Waals surface area contributed by atoms with E-state index in [0.717, 1.165) is 6.07 Å². The lowest BCUT2D eigenvalue weighted by Gasteiger charge is -2.16. The van der Waals surface area contributed by atoms with E-state index >= 15 is 13.2 Å². The zero-order chi connectivity index (χ0) is 47.6. The molecule has 0 aliphatic carbocycles. The van der Waals surface area contributed by atoms with Crippen molar-refractivity contribution in [2.45, 2.75) is 58.9 Å². The summed E-state index contributed by atoms with van der Waals surface area (Å²) >= 11 is 0. The van der Waals surface area contributed by atoms with Crippen LogP contribution >= 0.6 is 0 Å². The molecule has 0 aliphatic heterocycles. The number of phenolic OH excluding ortho intramolecular Hbond substituents is 5. The summed E-state index contributed by atoms with van der Waals surface area (Å²) in [6.07, 6.45) is 4.68. The first kappa shape index (κ1) is 44.3. The Kier molecular flexibility index (Phi) is 11.3.